The Kier molecular flexibility index (Phi) is 3.62. The molecule has 1 aliphatic heterocycles. The molecular formula is C14H13ClN4O2. The van der Waals surface area contributed by atoms with Crippen LogP contribution in [0.2, 0.25) is 5.02 Å². The van der Waals surface area contributed by atoms with Gasteiger partial charge in [-0.3, -0.25) is 9.89 Å². The van der Waals surface area contributed by atoms with E-state index in [1.165, 1.54) is 6.33 Å². The number of carbonyl (C=O) groups is 1. The van der Waals surface area contributed by atoms with Gasteiger partial charge in [0, 0.05) is 10.6 Å². The second kappa shape index (κ2) is 5.57. The fraction of sp³-hybridized carbons (Fsp3) is 0.214. The summed E-state index contributed by atoms with van der Waals surface area (Å²) < 4.78 is 5.56. The molecule has 1 amide bonds. The normalized spacial score (nSPS) is 14.7. The van der Waals surface area contributed by atoms with E-state index in [4.69, 9.17) is 16.3 Å². The zero-order valence-corrected chi connectivity index (χ0v) is 12.0. The van der Waals surface area contributed by atoms with Crippen molar-refractivity contribution in [3.8, 4) is 5.75 Å². The van der Waals surface area contributed by atoms with E-state index in [2.05, 4.69) is 20.5 Å². The number of nitrogens with one attached hydrogen (secondary N) is 2. The predicted octanol–water partition coefficient (Wildman–Crippen LogP) is 2.11. The number of amides is 1. The topological polar surface area (TPSA) is 79.9 Å². The summed E-state index contributed by atoms with van der Waals surface area (Å²) in [4.78, 5) is 16.3. The lowest BCUT2D eigenvalue weighted by Gasteiger charge is -2.19. The van der Waals surface area contributed by atoms with E-state index in [9.17, 15) is 4.79 Å². The van der Waals surface area contributed by atoms with Gasteiger partial charge in [-0.05, 0) is 31.2 Å². The van der Waals surface area contributed by atoms with Gasteiger partial charge in [0.2, 0.25) is 0 Å². The van der Waals surface area contributed by atoms with Gasteiger partial charge >= 0.3 is 0 Å². The van der Waals surface area contributed by atoms with Gasteiger partial charge in [0.25, 0.3) is 5.91 Å². The summed E-state index contributed by atoms with van der Waals surface area (Å²) in [5, 5.41) is 9.93. The first kappa shape index (κ1) is 13.6. The van der Waals surface area contributed by atoms with Crippen molar-refractivity contribution < 1.29 is 9.53 Å². The molecule has 0 saturated heterocycles. The highest BCUT2D eigenvalue weighted by molar-refractivity contribution is 6.30. The third-order valence-corrected chi connectivity index (χ3v) is 3.40. The largest absolute Gasteiger partial charge is 0.488 e. The molecular weight excluding hydrogens is 292 g/mol. The number of hydrogen-bond donors (Lipinski definition) is 2. The molecule has 0 spiro atoms. The van der Waals surface area contributed by atoms with E-state index in [-0.39, 0.29) is 18.6 Å². The monoisotopic (exact) mass is 304 g/mol. The summed E-state index contributed by atoms with van der Waals surface area (Å²) >= 11 is 5.95. The lowest BCUT2D eigenvalue weighted by molar-refractivity contribution is -0.118. The fourth-order valence-corrected chi connectivity index (χ4v) is 2.24. The maximum absolute atomic E-state index is 12.2. The van der Waals surface area contributed by atoms with Crippen molar-refractivity contribution in [3.63, 3.8) is 0 Å². The number of hydrogen-bond acceptors (Lipinski definition) is 4. The number of H-pyrrole nitrogens is 1. The molecule has 2 heterocycles. The van der Waals surface area contributed by atoms with Gasteiger partial charge < -0.3 is 10.1 Å². The number of benzene rings is 1. The van der Waals surface area contributed by atoms with E-state index in [1.807, 2.05) is 6.92 Å². The number of carbonyl (C=O) groups excluding carboxylic acids is 1. The van der Waals surface area contributed by atoms with Crippen LogP contribution in [0.4, 0.5) is 0 Å². The Bertz CT molecular complexity index is 697. The van der Waals surface area contributed by atoms with Crippen LogP contribution in [-0.4, -0.2) is 27.7 Å². The third kappa shape index (κ3) is 2.90. The number of halogens is 1. The maximum atomic E-state index is 12.2. The molecule has 2 aromatic rings. The third-order valence-electron chi connectivity index (χ3n) is 3.17. The van der Waals surface area contributed by atoms with Crippen LogP contribution in [0, 0.1) is 0 Å². The Hall–Kier alpha value is -2.34. The average molecular weight is 305 g/mol. The summed E-state index contributed by atoms with van der Waals surface area (Å²) in [6, 6.07) is 5.05. The van der Waals surface area contributed by atoms with Gasteiger partial charge in [-0.15, -0.1) is 0 Å². The molecule has 1 aliphatic rings. The zero-order chi connectivity index (χ0) is 14.8. The Morgan fingerprint density at radius 2 is 2.38 bits per heavy atom. The molecule has 0 saturated carbocycles. The lowest BCUT2D eigenvalue weighted by Crippen LogP contribution is -2.31. The second-order valence-corrected chi connectivity index (χ2v) is 5.14. The van der Waals surface area contributed by atoms with E-state index >= 15 is 0 Å². The summed E-state index contributed by atoms with van der Waals surface area (Å²) in [6.07, 6.45) is 3.19. The van der Waals surface area contributed by atoms with Crippen molar-refractivity contribution in [2.75, 3.05) is 6.61 Å². The number of aromatic nitrogens is 3. The predicted molar refractivity (Wildman–Crippen MR) is 77.9 cm³/mol. The Labute approximate surface area is 126 Å². The summed E-state index contributed by atoms with van der Waals surface area (Å²) in [6.45, 7) is 2.05. The van der Waals surface area contributed by atoms with Crippen LogP contribution in [0.5, 0.6) is 5.75 Å². The molecule has 0 radical (unpaired) electrons. The minimum atomic E-state index is -0.262. The minimum absolute atomic E-state index is 0.204. The van der Waals surface area contributed by atoms with Crippen molar-refractivity contribution in [1.82, 2.24) is 20.5 Å². The molecule has 1 unspecified atom stereocenters. The van der Waals surface area contributed by atoms with Crippen molar-refractivity contribution >= 4 is 23.6 Å². The van der Waals surface area contributed by atoms with Crippen LogP contribution in [0.3, 0.4) is 0 Å². The van der Waals surface area contributed by atoms with Crippen molar-refractivity contribution in [2.24, 2.45) is 0 Å². The lowest BCUT2D eigenvalue weighted by atomic mass is 10.1. The van der Waals surface area contributed by atoms with Crippen LogP contribution in [-0.2, 0) is 4.79 Å². The van der Waals surface area contributed by atoms with Gasteiger partial charge in [0.1, 0.15) is 24.5 Å². The molecule has 0 aliphatic carbocycles. The Morgan fingerprint density at radius 3 is 3.14 bits per heavy atom. The number of rotatable bonds is 3. The van der Waals surface area contributed by atoms with Crippen LogP contribution in [0.15, 0.2) is 30.1 Å². The van der Waals surface area contributed by atoms with Gasteiger partial charge in [0.15, 0.2) is 0 Å². The number of aromatic amines is 1. The minimum Gasteiger partial charge on any atom is -0.488 e. The van der Waals surface area contributed by atoms with E-state index in [0.717, 1.165) is 11.3 Å². The Balaban J connectivity index is 1.76. The second-order valence-electron chi connectivity index (χ2n) is 4.71. The quantitative estimate of drug-likeness (QED) is 0.910. The summed E-state index contributed by atoms with van der Waals surface area (Å²) in [5.74, 6) is 1.12. The molecule has 1 atom stereocenters. The highest BCUT2D eigenvalue weighted by Crippen LogP contribution is 2.29. The summed E-state index contributed by atoms with van der Waals surface area (Å²) in [7, 11) is 0. The molecule has 0 fully saturated rings. The molecule has 0 bridgehead atoms. The first-order valence-corrected chi connectivity index (χ1v) is 6.80. The van der Waals surface area contributed by atoms with Crippen LogP contribution in [0.25, 0.3) is 6.08 Å². The molecule has 1 aromatic carbocycles. The van der Waals surface area contributed by atoms with Gasteiger partial charge in [-0.25, -0.2) is 4.98 Å². The summed E-state index contributed by atoms with van der Waals surface area (Å²) in [5.41, 5.74) is 1.34. The molecule has 6 nitrogen and oxygen atoms in total. The van der Waals surface area contributed by atoms with E-state index in [1.54, 1.807) is 24.3 Å². The first-order chi connectivity index (χ1) is 10.1. The highest BCUT2D eigenvalue weighted by Gasteiger charge is 2.20. The van der Waals surface area contributed by atoms with Gasteiger partial charge in [-0.1, -0.05) is 11.6 Å². The highest BCUT2D eigenvalue weighted by atomic mass is 35.5. The van der Waals surface area contributed by atoms with Crippen LogP contribution < -0.4 is 10.1 Å². The molecule has 1 aromatic heterocycles. The number of nitrogens with zero attached hydrogens (tertiary/aromatic N) is 2. The first-order valence-electron chi connectivity index (χ1n) is 6.42. The van der Waals surface area contributed by atoms with E-state index in [0.29, 0.717) is 16.4 Å². The van der Waals surface area contributed by atoms with Crippen LogP contribution in [0.1, 0.15) is 24.4 Å². The smallest absolute Gasteiger partial charge is 0.251 e. The molecule has 7 heteroatoms. The molecule has 108 valence electrons. The number of ether oxygens (including phenoxy) is 1. The zero-order valence-electron chi connectivity index (χ0n) is 11.3. The SMILES string of the molecule is CC(NC(=O)C1=Cc2cc(Cl)ccc2OC1)c1ncn[nH]1. The van der Waals surface area contributed by atoms with Gasteiger partial charge in [-0.2, -0.15) is 5.10 Å². The van der Waals surface area contributed by atoms with Gasteiger partial charge in [0.05, 0.1) is 11.6 Å². The average Bonchev–Trinajstić information content (AvgIpc) is 3.00. The molecule has 2 N–H and O–H groups in total. The Morgan fingerprint density at radius 1 is 1.52 bits per heavy atom. The fourth-order valence-electron chi connectivity index (χ4n) is 2.06. The van der Waals surface area contributed by atoms with E-state index < -0.39 is 0 Å². The molecule has 21 heavy (non-hydrogen) atoms. The van der Waals surface area contributed by atoms with Crippen molar-refractivity contribution in [1.29, 1.82) is 0 Å². The maximum Gasteiger partial charge on any atom is 0.251 e. The van der Waals surface area contributed by atoms with Crippen molar-refractivity contribution in [3.05, 3.63) is 46.5 Å². The molecule has 3 rings (SSSR count). The van der Waals surface area contributed by atoms with Crippen LogP contribution >= 0.6 is 11.6 Å². The van der Waals surface area contributed by atoms with Crippen molar-refractivity contribution in [2.45, 2.75) is 13.0 Å². The standard InChI is InChI=1S/C14H13ClN4O2/c1-8(13-16-7-17-19-13)18-14(20)10-4-9-5-11(15)2-3-12(9)21-6-10/h2-5,7-8H,6H2,1H3,(H,18,20)(H,16,17,19). The number of fused-ring (bicyclic) bond motifs is 1.